The third kappa shape index (κ3) is 2.61. The van der Waals surface area contributed by atoms with Crippen molar-refractivity contribution in [2.75, 3.05) is 0 Å². The molecule has 2 radical (unpaired) electrons. The summed E-state index contributed by atoms with van der Waals surface area (Å²) in [5, 5.41) is 1.44. The Morgan fingerprint density at radius 3 is 2.19 bits per heavy atom. The first-order chi connectivity index (χ1) is 7.77. The van der Waals surface area contributed by atoms with Crippen LogP contribution in [-0.2, 0) is 0 Å². The second-order valence-corrected chi connectivity index (χ2v) is 5.82. The average molecular weight is 224 g/mol. The van der Waals surface area contributed by atoms with Crippen LogP contribution in [0.5, 0.6) is 0 Å². The van der Waals surface area contributed by atoms with Crippen LogP contribution in [0, 0.1) is 6.92 Å². The molecule has 0 unspecified atom stereocenters. The summed E-state index contributed by atoms with van der Waals surface area (Å²) in [5.74, 6) is 0. The molecule has 0 aliphatic heterocycles. The Hall–Kier alpha value is -1.34. The molecule has 0 nitrogen and oxygen atoms in total. The summed E-state index contributed by atoms with van der Waals surface area (Å²) in [6.07, 6.45) is 0. The van der Waals surface area contributed by atoms with Crippen molar-refractivity contribution in [1.29, 1.82) is 0 Å². The Balaban J connectivity index is 2.15. The molecular formula is C15H16Si. The molecule has 0 N–H and O–H groups in total. The fraction of sp³-hybridized carbons (Fsp3) is 0.200. The van der Waals surface area contributed by atoms with Gasteiger partial charge in [0.1, 0.15) is 0 Å². The van der Waals surface area contributed by atoms with Crippen LogP contribution in [0.4, 0.5) is 0 Å². The Kier molecular flexibility index (Phi) is 3.57. The van der Waals surface area contributed by atoms with Crippen molar-refractivity contribution in [3.63, 3.8) is 0 Å². The number of hydrogen-bond donors (Lipinski definition) is 0. The van der Waals surface area contributed by atoms with Crippen LogP contribution in [0.25, 0.3) is 0 Å². The standard InChI is InChI=1S/C15H16Si/c1-12-8-6-7-11-15(12)13(2)16-14-9-4-3-5-10-14/h3-11,13H,1-2H3/t13-/m0/s1. The minimum absolute atomic E-state index is 0.614. The molecule has 0 bridgehead atoms. The molecule has 0 amide bonds. The first-order valence-electron chi connectivity index (χ1n) is 5.64. The highest BCUT2D eigenvalue weighted by molar-refractivity contribution is 6.54. The molecule has 0 heterocycles. The van der Waals surface area contributed by atoms with E-state index in [1.54, 1.807) is 0 Å². The normalized spacial score (nSPS) is 12.4. The Labute approximate surface area is 100 Å². The van der Waals surface area contributed by atoms with Crippen LogP contribution in [0.2, 0.25) is 0 Å². The Bertz CT molecular complexity index is 448. The van der Waals surface area contributed by atoms with Crippen LogP contribution in [0.15, 0.2) is 54.6 Å². The summed E-state index contributed by atoms with van der Waals surface area (Å²) in [7, 11) is 0.852. The highest BCUT2D eigenvalue weighted by Crippen LogP contribution is 2.17. The van der Waals surface area contributed by atoms with Crippen LogP contribution < -0.4 is 5.19 Å². The number of rotatable bonds is 3. The lowest BCUT2D eigenvalue weighted by molar-refractivity contribution is 1.05. The maximum atomic E-state index is 2.31. The van der Waals surface area contributed by atoms with E-state index in [9.17, 15) is 0 Å². The molecule has 0 saturated heterocycles. The van der Waals surface area contributed by atoms with Crippen LogP contribution in [-0.4, -0.2) is 9.52 Å². The summed E-state index contributed by atoms with van der Waals surface area (Å²) in [5.41, 5.74) is 3.49. The third-order valence-electron chi connectivity index (χ3n) is 2.81. The summed E-state index contributed by atoms with van der Waals surface area (Å²) in [4.78, 5) is 0. The molecule has 0 aliphatic carbocycles. The van der Waals surface area contributed by atoms with Crippen molar-refractivity contribution in [3.8, 4) is 0 Å². The number of aryl methyl sites for hydroxylation is 1. The molecule has 0 aliphatic rings. The number of hydrogen-bond acceptors (Lipinski definition) is 0. The lowest BCUT2D eigenvalue weighted by atomic mass is 10.1. The molecule has 0 fully saturated rings. The zero-order valence-corrected chi connectivity index (χ0v) is 10.8. The molecule has 0 aromatic heterocycles. The van der Waals surface area contributed by atoms with Crippen LogP contribution in [0.1, 0.15) is 23.6 Å². The van der Waals surface area contributed by atoms with E-state index < -0.39 is 0 Å². The van der Waals surface area contributed by atoms with Crippen molar-refractivity contribution in [3.05, 3.63) is 65.7 Å². The quantitative estimate of drug-likeness (QED) is 0.703. The minimum Gasteiger partial charge on any atom is -0.0636 e. The molecule has 0 spiro atoms. The molecular weight excluding hydrogens is 208 g/mol. The van der Waals surface area contributed by atoms with Gasteiger partial charge in [0.05, 0.1) is 9.52 Å². The molecule has 80 valence electrons. The van der Waals surface area contributed by atoms with Gasteiger partial charge in [-0.15, -0.1) is 0 Å². The molecule has 0 saturated carbocycles. The van der Waals surface area contributed by atoms with Gasteiger partial charge in [0.25, 0.3) is 0 Å². The van der Waals surface area contributed by atoms with Gasteiger partial charge in [0.15, 0.2) is 0 Å². The molecule has 16 heavy (non-hydrogen) atoms. The van der Waals surface area contributed by atoms with Gasteiger partial charge in [-0.2, -0.15) is 0 Å². The van der Waals surface area contributed by atoms with Gasteiger partial charge in [-0.1, -0.05) is 66.7 Å². The van der Waals surface area contributed by atoms with Gasteiger partial charge < -0.3 is 0 Å². The fourth-order valence-electron chi connectivity index (χ4n) is 1.93. The topological polar surface area (TPSA) is 0 Å². The lowest BCUT2D eigenvalue weighted by Crippen LogP contribution is -2.20. The van der Waals surface area contributed by atoms with Gasteiger partial charge in [-0.3, -0.25) is 0 Å². The molecule has 1 heteroatoms. The third-order valence-corrected chi connectivity index (χ3v) is 4.22. The first-order valence-corrected chi connectivity index (χ1v) is 6.72. The second kappa shape index (κ2) is 5.13. The summed E-state index contributed by atoms with van der Waals surface area (Å²) >= 11 is 0. The van der Waals surface area contributed by atoms with E-state index in [4.69, 9.17) is 0 Å². The second-order valence-electron chi connectivity index (χ2n) is 4.09. The van der Waals surface area contributed by atoms with E-state index in [1.807, 2.05) is 0 Å². The number of benzene rings is 2. The van der Waals surface area contributed by atoms with E-state index in [-0.39, 0.29) is 0 Å². The van der Waals surface area contributed by atoms with E-state index >= 15 is 0 Å². The summed E-state index contributed by atoms with van der Waals surface area (Å²) in [6.45, 7) is 4.51. The van der Waals surface area contributed by atoms with Gasteiger partial charge in [0, 0.05) is 0 Å². The molecule has 2 aromatic carbocycles. The van der Waals surface area contributed by atoms with Crippen molar-refractivity contribution in [2.24, 2.45) is 0 Å². The molecule has 1 atom stereocenters. The van der Waals surface area contributed by atoms with Gasteiger partial charge in [-0.25, -0.2) is 0 Å². The fourth-order valence-corrected chi connectivity index (χ4v) is 3.30. The highest BCUT2D eigenvalue weighted by atomic mass is 28.2. The van der Waals surface area contributed by atoms with Gasteiger partial charge in [-0.05, 0) is 23.6 Å². The van der Waals surface area contributed by atoms with Gasteiger partial charge in [0.2, 0.25) is 0 Å². The van der Waals surface area contributed by atoms with Crippen molar-refractivity contribution in [1.82, 2.24) is 0 Å². The van der Waals surface area contributed by atoms with Crippen molar-refractivity contribution in [2.45, 2.75) is 19.4 Å². The maximum absolute atomic E-state index is 2.31. The minimum atomic E-state index is 0.614. The van der Waals surface area contributed by atoms with Crippen molar-refractivity contribution >= 4 is 14.7 Å². The first kappa shape index (κ1) is 11.2. The molecule has 2 rings (SSSR count). The zero-order valence-electron chi connectivity index (χ0n) is 9.77. The zero-order chi connectivity index (χ0) is 11.4. The van der Waals surface area contributed by atoms with Crippen LogP contribution in [0.3, 0.4) is 0 Å². The SMILES string of the molecule is Cc1ccccc1[C@H](C)[Si]c1ccccc1. The molecule has 2 aromatic rings. The summed E-state index contributed by atoms with van der Waals surface area (Å²) in [6, 6.07) is 19.4. The predicted octanol–water partition coefficient (Wildman–Crippen LogP) is 3.09. The van der Waals surface area contributed by atoms with Crippen LogP contribution >= 0.6 is 0 Å². The van der Waals surface area contributed by atoms with E-state index in [2.05, 4.69) is 68.4 Å². The van der Waals surface area contributed by atoms with Crippen molar-refractivity contribution < 1.29 is 0 Å². The Morgan fingerprint density at radius 2 is 1.50 bits per heavy atom. The largest absolute Gasteiger partial charge is 0.0887 e. The lowest BCUT2D eigenvalue weighted by Gasteiger charge is -2.13. The Morgan fingerprint density at radius 1 is 0.875 bits per heavy atom. The predicted molar refractivity (Wildman–Crippen MR) is 71.4 cm³/mol. The van der Waals surface area contributed by atoms with E-state index in [1.165, 1.54) is 16.3 Å². The van der Waals surface area contributed by atoms with E-state index in [0.29, 0.717) is 5.54 Å². The van der Waals surface area contributed by atoms with Gasteiger partial charge >= 0.3 is 0 Å². The maximum Gasteiger partial charge on any atom is 0.0887 e. The smallest absolute Gasteiger partial charge is 0.0636 e. The average Bonchev–Trinajstić information content (AvgIpc) is 2.31. The highest BCUT2D eigenvalue weighted by Gasteiger charge is 2.09. The van der Waals surface area contributed by atoms with E-state index in [0.717, 1.165) is 9.52 Å². The summed E-state index contributed by atoms with van der Waals surface area (Å²) < 4.78 is 0. The monoisotopic (exact) mass is 224 g/mol.